The minimum atomic E-state index is -0.0873. The first kappa shape index (κ1) is 20.7. The van der Waals surface area contributed by atoms with Crippen LogP contribution in [-0.4, -0.2) is 22.5 Å². The molecule has 6 heteroatoms. The van der Waals surface area contributed by atoms with Gasteiger partial charge in [-0.2, -0.15) is 4.98 Å². The summed E-state index contributed by atoms with van der Waals surface area (Å²) in [7, 11) is 0. The Balaban J connectivity index is 1.52. The second-order valence-corrected chi connectivity index (χ2v) is 7.03. The van der Waals surface area contributed by atoms with E-state index in [2.05, 4.69) is 10.1 Å². The molecular weight excluding hydrogens is 366 g/mol. The van der Waals surface area contributed by atoms with Crippen molar-refractivity contribution in [2.24, 2.45) is 5.73 Å². The van der Waals surface area contributed by atoms with Crippen LogP contribution in [0, 0.1) is 0 Å². The van der Waals surface area contributed by atoms with Gasteiger partial charge in [0.25, 0.3) is 0 Å². The van der Waals surface area contributed by atoms with Crippen LogP contribution in [0.15, 0.2) is 59.1 Å². The van der Waals surface area contributed by atoms with Crippen LogP contribution in [0.2, 0.25) is 0 Å². The number of benzene rings is 2. The summed E-state index contributed by atoms with van der Waals surface area (Å²) in [6, 6.07) is 17.9. The highest BCUT2D eigenvalue weighted by Crippen LogP contribution is 2.22. The average Bonchev–Trinajstić information content (AvgIpc) is 3.22. The van der Waals surface area contributed by atoms with Crippen molar-refractivity contribution in [3.63, 3.8) is 0 Å². The van der Waals surface area contributed by atoms with Crippen molar-refractivity contribution in [3.05, 3.63) is 77.4 Å². The molecular formula is C23H27N3O3. The third-order valence-electron chi connectivity index (χ3n) is 4.69. The zero-order chi connectivity index (χ0) is 20.5. The molecule has 6 nitrogen and oxygen atoms in total. The zero-order valence-corrected chi connectivity index (χ0v) is 16.7. The van der Waals surface area contributed by atoms with Gasteiger partial charge in [0.15, 0.2) is 0 Å². The van der Waals surface area contributed by atoms with Gasteiger partial charge in [0.05, 0.1) is 6.42 Å². The lowest BCUT2D eigenvalue weighted by atomic mass is 10.1. The highest BCUT2D eigenvalue weighted by atomic mass is 16.5. The highest BCUT2D eigenvalue weighted by molar-refractivity contribution is 5.92. The number of carbonyl (C=O) groups is 1. The molecule has 0 aliphatic rings. The molecule has 0 saturated carbocycles. The van der Waals surface area contributed by atoms with Gasteiger partial charge >= 0.3 is 0 Å². The number of ketones is 1. The quantitative estimate of drug-likeness (QED) is 0.381. The maximum absolute atomic E-state index is 12.1. The number of aromatic nitrogens is 2. The summed E-state index contributed by atoms with van der Waals surface area (Å²) in [6.07, 6.45) is 3.52. The average molecular weight is 393 g/mol. The number of hydrogen-bond acceptors (Lipinski definition) is 6. The number of unbranched alkanes of at least 4 members (excludes halogenated alkanes) is 2. The fourth-order valence-corrected chi connectivity index (χ4v) is 3.02. The van der Waals surface area contributed by atoms with Crippen LogP contribution in [0.25, 0.3) is 0 Å². The molecule has 0 radical (unpaired) electrons. The molecule has 0 saturated heterocycles. The van der Waals surface area contributed by atoms with Gasteiger partial charge in [0, 0.05) is 6.42 Å². The molecule has 3 rings (SSSR count). The SMILES string of the molecule is CC(Oc1ccc(Cc2nc(C(=O)CCCCCN)no2)cc1)c1ccccc1. The molecule has 1 heterocycles. The van der Waals surface area contributed by atoms with Crippen LogP contribution in [0.4, 0.5) is 0 Å². The molecule has 29 heavy (non-hydrogen) atoms. The second-order valence-electron chi connectivity index (χ2n) is 7.03. The minimum absolute atomic E-state index is 0.0311. The smallest absolute Gasteiger partial charge is 0.238 e. The summed E-state index contributed by atoms with van der Waals surface area (Å²) in [5.74, 6) is 1.30. The molecule has 0 aliphatic carbocycles. The number of hydrogen-bond donors (Lipinski definition) is 1. The molecule has 1 unspecified atom stereocenters. The zero-order valence-electron chi connectivity index (χ0n) is 16.7. The van der Waals surface area contributed by atoms with Gasteiger partial charge in [-0.25, -0.2) is 0 Å². The van der Waals surface area contributed by atoms with Crippen LogP contribution in [-0.2, 0) is 6.42 Å². The van der Waals surface area contributed by atoms with Gasteiger partial charge in [-0.1, -0.05) is 54.0 Å². The lowest BCUT2D eigenvalue weighted by molar-refractivity contribution is 0.0966. The van der Waals surface area contributed by atoms with Crippen molar-refractivity contribution in [1.82, 2.24) is 10.1 Å². The Morgan fingerprint density at radius 1 is 1.07 bits per heavy atom. The van der Waals surface area contributed by atoms with Crippen molar-refractivity contribution >= 4 is 5.78 Å². The van der Waals surface area contributed by atoms with E-state index in [1.165, 1.54) is 0 Å². The Labute approximate surface area is 171 Å². The maximum atomic E-state index is 12.1. The molecule has 0 amide bonds. The van der Waals surface area contributed by atoms with E-state index >= 15 is 0 Å². The lowest BCUT2D eigenvalue weighted by Gasteiger charge is -2.15. The summed E-state index contributed by atoms with van der Waals surface area (Å²) in [5.41, 5.74) is 7.60. The molecule has 1 aromatic heterocycles. The monoisotopic (exact) mass is 393 g/mol. The lowest BCUT2D eigenvalue weighted by Crippen LogP contribution is -2.03. The molecule has 0 bridgehead atoms. The number of nitrogens with zero attached hydrogens (tertiary/aromatic N) is 2. The van der Waals surface area contributed by atoms with Gasteiger partial charge in [0.1, 0.15) is 11.9 Å². The van der Waals surface area contributed by atoms with E-state index in [1.54, 1.807) is 0 Å². The van der Waals surface area contributed by atoms with Crippen LogP contribution in [0.1, 0.15) is 66.3 Å². The predicted octanol–water partition coefficient (Wildman–Crippen LogP) is 4.50. The van der Waals surface area contributed by atoms with Gasteiger partial charge in [-0.05, 0) is 49.6 Å². The fraction of sp³-hybridized carbons (Fsp3) is 0.348. The van der Waals surface area contributed by atoms with E-state index in [0.29, 0.717) is 25.3 Å². The number of rotatable bonds is 11. The Kier molecular flexibility index (Phi) is 7.53. The Morgan fingerprint density at radius 3 is 2.55 bits per heavy atom. The van der Waals surface area contributed by atoms with Crippen molar-refractivity contribution in [3.8, 4) is 5.75 Å². The van der Waals surface area contributed by atoms with Gasteiger partial charge < -0.3 is 15.0 Å². The molecule has 3 aromatic rings. The van der Waals surface area contributed by atoms with E-state index in [4.69, 9.17) is 15.0 Å². The van der Waals surface area contributed by atoms with E-state index < -0.39 is 0 Å². The topological polar surface area (TPSA) is 91.2 Å². The third kappa shape index (κ3) is 6.26. The van der Waals surface area contributed by atoms with Crippen molar-refractivity contribution in [2.75, 3.05) is 6.54 Å². The molecule has 2 N–H and O–H groups in total. The number of carbonyl (C=O) groups excluding carboxylic acids is 1. The van der Waals surface area contributed by atoms with E-state index in [1.807, 2.05) is 61.5 Å². The molecule has 0 spiro atoms. The van der Waals surface area contributed by atoms with Crippen LogP contribution < -0.4 is 10.5 Å². The number of nitrogens with two attached hydrogens (primary N) is 1. The van der Waals surface area contributed by atoms with E-state index in [0.717, 1.165) is 36.1 Å². The van der Waals surface area contributed by atoms with Crippen molar-refractivity contribution in [1.29, 1.82) is 0 Å². The molecule has 2 aromatic carbocycles. The maximum Gasteiger partial charge on any atom is 0.238 e. The third-order valence-corrected chi connectivity index (χ3v) is 4.69. The molecule has 0 aliphatic heterocycles. The van der Waals surface area contributed by atoms with Crippen molar-refractivity contribution in [2.45, 2.75) is 45.1 Å². The molecule has 1 atom stereocenters. The first-order valence-corrected chi connectivity index (χ1v) is 10.0. The Morgan fingerprint density at radius 2 is 1.83 bits per heavy atom. The van der Waals surface area contributed by atoms with Crippen LogP contribution in [0.3, 0.4) is 0 Å². The Bertz CT molecular complexity index is 891. The second kappa shape index (κ2) is 10.5. The molecule has 0 fully saturated rings. The van der Waals surface area contributed by atoms with Gasteiger partial charge in [-0.3, -0.25) is 4.79 Å². The number of Topliss-reactive ketones (excluding diaryl/α,β-unsaturated/α-hetero) is 1. The fourth-order valence-electron chi connectivity index (χ4n) is 3.02. The number of ether oxygens (including phenoxy) is 1. The summed E-state index contributed by atoms with van der Waals surface area (Å²) in [4.78, 5) is 16.3. The molecule has 152 valence electrons. The summed E-state index contributed by atoms with van der Waals surface area (Å²) in [5, 5.41) is 3.82. The normalized spacial score (nSPS) is 11.9. The minimum Gasteiger partial charge on any atom is -0.486 e. The summed E-state index contributed by atoms with van der Waals surface area (Å²) in [6.45, 7) is 2.67. The summed E-state index contributed by atoms with van der Waals surface area (Å²) >= 11 is 0. The highest BCUT2D eigenvalue weighted by Gasteiger charge is 2.14. The van der Waals surface area contributed by atoms with Gasteiger partial charge in [-0.15, -0.1) is 0 Å². The first-order chi connectivity index (χ1) is 14.2. The van der Waals surface area contributed by atoms with Crippen molar-refractivity contribution < 1.29 is 14.1 Å². The van der Waals surface area contributed by atoms with E-state index in [9.17, 15) is 4.79 Å². The van der Waals surface area contributed by atoms with Crippen LogP contribution >= 0.6 is 0 Å². The Hall–Kier alpha value is -2.99. The van der Waals surface area contributed by atoms with Crippen LogP contribution in [0.5, 0.6) is 5.75 Å². The largest absolute Gasteiger partial charge is 0.486 e. The standard InChI is InChI=1S/C23H27N3O3/c1-17(19-8-4-2-5-9-19)28-20-13-11-18(12-14-20)16-22-25-23(26-29-22)21(27)10-6-3-7-15-24/h2,4-5,8-9,11-14,17H,3,6-7,10,15-16,24H2,1H3. The summed E-state index contributed by atoms with van der Waals surface area (Å²) < 4.78 is 11.2. The van der Waals surface area contributed by atoms with Gasteiger partial charge in [0.2, 0.25) is 17.5 Å². The predicted molar refractivity (Wildman–Crippen MR) is 111 cm³/mol. The first-order valence-electron chi connectivity index (χ1n) is 10.0. The van der Waals surface area contributed by atoms with E-state index in [-0.39, 0.29) is 17.7 Å².